The van der Waals surface area contributed by atoms with Crippen molar-refractivity contribution < 1.29 is 18.3 Å². The molecule has 0 bridgehead atoms. The number of hydrogen-bond donors (Lipinski definition) is 2. The summed E-state index contributed by atoms with van der Waals surface area (Å²) >= 11 is 0. The van der Waals surface area contributed by atoms with E-state index >= 15 is 0 Å². The molecule has 2 N–H and O–H groups in total. The lowest BCUT2D eigenvalue weighted by molar-refractivity contribution is 0.00988. The van der Waals surface area contributed by atoms with Crippen LogP contribution in [0.3, 0.4) is 0 Å². The number of pyridine rings is 2. The number of benzene rings is 2. The molecule has 2 atom stereocenters. The Morgan fingerprint density at radius 1 is 0.905 bits per heavy atom. The molecule has 0 aliphatic heterocycles. The smallest absolute Gasteiger partial charge is 0.137 e. The van der Waals surface area contributed by atoms with Crippen LogP contribution in [0.25, 0.3) is 27.9 Å². The van der Waals surface area contributed by atoms with Gasteiger partial charge >= 0.3 is 0 Å². The van der Waals surface area contributed by atoms with Crippen LogP contribution in [0.4, 0.5) is 13.2 Å². The summed E-state index contributed by atoms with van der Waals surface area (Å²) in [5, 5.41) is 23.8. The Kier molecular flexibility index (Phi) is 7.27. The second kappa shape index (κ2) is 11.2. The Morgan fingerprint density at radius 3 is 2.38 bits per heavy atom. The molecule has 0 spiro atoms. The van der Waals surface area contributed by atoms with Crippen LogP contribution in [-0.4, -0.2) is 41.0 Å². The minimum atomic E-state index is -1.76. The molecular weight excluding hydrogens is 543 g/mol. The third-order valence-electron chi connectivity index (χ3n) is 7.26. The van der Waals surface area contributed by atoms with Gasteiger partial charge in [0.1, 0.15) is 41.4 Å². The molecular formula is C31H26F3N7O. The van der Waals surface area contributed by atoms with E-state index in [0.29, 0.717) is 5.69 Å². The number of nitrogens with zero attached hydrogens (tertiary/aromatic N) is 6. The van der Waals surface area contributed by atoms with Crippen LogP contribution in [0.15, 0.2) is 98.0 Å². The molecule has 6 rings (SSSR count). The van der Waals surface area contributed by atoms with E-state index in [1.54, 1.807) is 29.0 Å². The first-order chi connectivity index (χ1) is 20.3. The lowest BCUT2D eigenvalue weighted by Crippen LogP contribution is -2.43. The predicted octanol–water partition coefficient (Wildman–Crippen LogP) is 5.31. The first kappa shape index (κ1) is 27.3. The van der Waals surface area contributed by atoms with Crippen molar-refractivity contribution in [2.45, 2.75) is 25.1 Å². The van der Waals surface area contributed by atoms with Crippen LogP contribution in [-0.2, 0) is 12.1 Å². The predicted molar refractivity (Wildman–Crippen MR) is 151 cm³/mol. The third kappa shape index (κ3) is 5.39. The van der Waals surface area contributed by atoms with E-state index in [4.69, 9.17) is 5.10 Å². The molecule has 0 saturated heterocycles. The molecule has 212 valence electrons. The zero-order valence-corrected chi connectivity index (χ0v) is 22.5. The topological polar surface area (TPSA) is 93.2 Å². The molecule has 2 aromatic carbocycles. The van der Waals surface area contributed by atoms with Gasteiger partial charge in [-0.1, -0.05) is 12.1 Å². The molecule has 0 unspecified atom stereocenters. The van der Waals surface area contributed by atoms with Crippen molar-refractivity contribution in [2.75, 3.05) is 6.54 Å². The van der Waals surface area contributed by atoms with Crippen molar-refractivity contribution in [1.29, 1.82) is 0 Å². The van der Waals surface area contributed by atoms with Gasteiger partial charge in [-0.05, 0) is 66.6 Å². The van der Waals surface area contributed by atoms with E-state index in [0.717, 1.165) is 39.9 Å². The van der Waals surface area contributed by atoms with Crippen LogP contribution in [0, 0.1) is 17.5 Å². The number of halogens is 3. The van der Waals surface area contributed by atoms with E-state index in [1.807, 2.05) is 37.4 Å². The number of hydrogen-bond acceptors (Lipinski definition) is 6. The lowest BCUT2D eigenvalue weighted by atomic mass is 9.92. The summed E-state index contributed by atoms with van der Waals surface area (Å²) in [6.45, 7) is 1.73. The van der Waals surface area contributed by atoms with E-state index < -0.39 is 17.2 Å². The highest BCUT2D eigenvalue weighted by molar-refractivity contribution is 5.92. The SMILES string of the molecule is C[C@H](NC[C@@](O)(Cn1cncn1)c1ccc(F)cc1F)c1ccc2c(-c3ccncc3)c(-c3ccc(F)cc3)nn2c1. The second-order valence-corrected chi connectivity index (χ2v) is 10.1. The van der Waals surface area contributed by atoms with Crippen LogP contribution in [0.5, 0.6) is 0 Å². The third-order valence-corrected chi connectivity index (χ3v) is 7.26. The highest BCUT2D eigenvalue weighted by atomic mass is 19.1. The molecule has 0 radical (unpaired) electrons. The van der Waals surface area contributed by atoms with Crippen molar-refractivity contribution >= 4 is 5.52 Å². The molecule has 4 heterocycles. The zero-order valence-electron chi connectivity index (χ0n) is 22.5. The summed E-state index contributed by atoms with van der Waals surface area (Å²) in [6, 6.07) is 16.7. The molecule has 0 fully saturated rings. The summed E-state index contributed by atoms with van der Waals surface area (Å²) in [4.78, 5) is 8.03. The fourth-order valence-electron chi connectivity index (χ4n) is 5.06. The highest BCUT2D eigenvalue weighted by Gasteiger charge is 2.34. The Bertz CT molecular complexity index is 1830. The van der Waals surface area contributed by atoms with Crippen LogP contribution in [0.1, 0.15) is 24.1 Å². The molecule has 11 heteroatoms. The van der Waals surface area contributed by atoms with Gasteiger partial charge in [-0.25, -0.2) is 27.4 Å². The first-order valence-electron chi connectivity index (χ1n) is 13.2. The van der Waals surface area contributed by atoms with Crippen molar-refractivity contribution in [1.82, 2.24) is 34.7 Å². The van der Waals surface area contributed by atoms with Gasteiger partial charge in [0.05, 0.1) is 12.1 Å². The van der Waals surface area contributed by atoms with Gasteiger partial charge in [-0.15, -0.1) is 0 Å². The maximum Gasteiger partial charge on any atom is 0.137 e. The molecule has 6 aromatic rings. The van der Waals surface area contributed by atoms with Gasteiger partial charge in [-0.2, -0.15) is 10.2 Å². The van der Waals surface area contributed by atoms with Crippen LogP contribution >= 0.6 is 0 Å². The zero-order chi connectivity index (χ0) is 29.3. The van der Waals surface area contributed by atoms with E-state index in [1.165, 1.54) is 35.5 Å². The lowest BCUT2D eigenvalue weighted by Gasteiger charge is -2.31. The number of rotatable bonds is 9. The fourth-order valence-corrected chi connectivity index (χ4v) is 5.06. The average molecular weight is 570 g/mol. The summed E-state index contributed by atoms with van der Waals surface area (Å²) in [6.07, 6.45) is 8.02. The molecule has 4 aromatic heterocycles. The Labute approximate surface area is 239 Å². The van der Waals surface area contributed by atoms with Gasteiger partial charge in [-0.3, -0.25) is 4.98 Å². The number of nitrogens with one attached hydrogen (secondary N) is 1. The minimum absolute atomic E-state index is 0.0624. The van der Waals surface area contributed by atoms with Gasteiger partial charge in [0.15, 0.2) is 0 Å². The normalized spacial score (nSPS) is 13.7. The van der Waals surface area contributed by atoms with Crippen molar-refractivity contribution in [3.63, 3.8) is 0 Å². The maximum atomic E-state index is 14.8. The maximum absolute atomic E-state index is 14.8. The van der Waals surface area contributed by atoms with Gasteiger partial charge in [0.2, 0.25) is 0 Å². The quantitative estimate of drug-likeness (QED) is 0.245. The number of aromatic nitrogens is 6. The van der Waals surface area contributed by atoms with Crippen LogP contribution in [0.2, 0.25) is 0 Å². The number of aliphatic hydroxyl groups is 1. The average Bonchev–Trinajstić information content (AvgIpc) is 3.64. The monoisotopic (exact) mass is 569 g/mol. The molecule has 42 heavy (non-hydrogen) atoms. The minimum Gasteiger partial charge on any atom is -0.382 e. The van der Waals surface area contributed by atoms with Crippen molar-refractivity contribution in [3.8, 4) is 22.4 Å². The molecule has 0 aliphatic carbocycles. The fraction of sp³-hybridized carbons (Fsp3) is 0.161. The van der Waals surface area contributed by atoms with Crippen molar-refractivity contribution in [3.05, 3.63) is 127 Å². The number of fused-ring (bicyclic) bond motifs is 1. The highest BCUT2D eigenvalue weighted by Crippen LogP contribution is 2.35. The molecule has 0 amide bonds. The largest absolute Gasteiger partial charge is 0.382 e. The first-order valence-corrected chi connectivity index (χ1v) is 13.2. The molecule has 0 saturated carbocycles. The van der Waals surface area contributed by atoms with Gasteiger partial charge in [0, 0.05) is 53.9 Å². The summed E-state index contributed by atoms with van der Waals surface area (Å²) in [5.41, 5.74) is 3.11. The standard InChI is InChI=1S/C31H26F3N7O/c1-20(37-16-31(42,17-40-19-36-18-38-40)26-8-7-25(33)14-27(26)34)23-4-9-28-29(21-10-12-35-13-11-21)30(39-41(28)15-23)22-2-5-24(32)6-3-22/h2-15,18-20,37,42H,16-17H2,1H3/t20-,31+/m0/s1. The Hall–Kier alpha value is -4.87. The second-order valence-electron chi connectivity index (χ2n) is 10.1. The molecule has 0 aliphatic rings. The van der Waals surface area contributed by atoms with Gasteiger partial charge in [0.25, 0.3) is 0 Å². The van der Waals surface area contributed by atoms with E-state index in [2.05, 4.69) is 20.4 Å². The summed E-state index contributed by atoms with van der Waals surface area (Å²) in [7, 11) is 0. The van der Waals surface area contributed by atoms with E-state index in [9.17, 15) is 18.3 Å². The Morgan fingerprint density at radius 2 is 1.67 bits per heavy atom. The van der Waals surface area contributed by atoms with Gasteiger partial charge < -0.3 is 10.4 Å². The van der Waals surface area contributed by atoms with Crippen molar-refractivity contribution in [2.24, 2.45) is 0 Å². The Balaban J connectivity index is 1.33. The van der Waals surface area contributed by atoms with Crippen LogP contribution < -0.4 is 5.32 Å². The summed E-state index contributed by atoms with van der Waals surface area (Å²) < 4.78 is 45.3. The molecule has 8 nitrogen and oxygen atoms in total. The summed E-state index contributed by atoms with van der Waals surface area (Å²) in [5.74, 6) is -1.93. The van der Waals surface area contributed by atoms with E-state index in [-0.39, 0.29) is 30.5 Å².